The zero-order valence-corrected chi connectivity index (χ0v) is 11.7. The van der Waals surface area contributed by atoms with Crippen LogP contribution in [0.2, 0.25) is 0 Å². The highest BCUT2D eigenvalue weighted by Gasteiger charge is 2.23. The Kier molecular flexibility index (Phi) is 3.76. The van der Waals surface area contributed by atoms with Gasteiger partial charge in [0.1, 0.15) is 0 Å². The highest BCUT2D eigenvalue weighted by atomic mass is 16.3. The number of aliphatic hydroxyl groups is 1. The van der Waals surface area contributed by atoms with Crippen LogP contribution in [0.25, 0.3) is 0 Å². The van der Waals surface area contributed by atoms with Crippen LogP contribution >= 0.6 is 0 Å². The molecule has 0 amide bonds. The first-order valence-electron chi connectivity index (χ1n) is 7.49. The lowest BCUT2D eigenvalue weighted by atomic mass is 9.92. The summed E-state index contributed by atoms with van der Waals surface area (Å²) in [5.74, 6) is 0.496. The van der Waals surface area contributed by atoms with Crippen molar-refractivity contribution in [3.63, 3.8) is 0 Å². The number of para-hydroxylation sites is 1. The monoisotopic (exact) mass is 260 g/mol. The molecule has 19 heavy (non-hydrogen) atoms. The van der Waals surface area contributed by atoms with Gasteiger partial charge in [-0.15, -0.1) is 0 Å². The Balaban J connectivity index is 1.63. The fourth-order valence-corrected chi connectivity index (χ4v) is 3.38. The number of benzene rings is 1. The topological polar surface area (TPSA) is 35.5 Å². The van der Waals surface area contributed by atoms with Crippen LogP contribution in [0.5, 0.6) is 0 Å². The van der Waals surface area contributed by atoms with Crippen molar-refractivity contribution in [2.24, 2.45) is 5.92 Å². The van der Waals surface area contributed by atoms with E-state index in [1.54, 1.807) is 0 Å². The van der Waals surface area contributed by atoms with Gasteiger partial charge in [-0.3, -0.25) is 4.90 Å². The number of fused-ring (bicyclic) bond motifs is 1. The zero-order valence-electron chi connectivity index (χ0n) is 11.7. The summed E-state index contributed by atoms with van der Waals surface area (Å²) in [5.41, 5.74) is 4.28. The van der Waals surface area contributed by atoms with Crippen molar-refractivity contribution in [1.82, 2.24) is 4.90 Å². The fourth-order valence-electron chi connectivity index (χ4n) is 3.38. The quantitative estimate of drug-likeness (QED) is 0.875. The standard InChI is InChI=1S/C16H24N2O/c1-12(19)13-6-9-18(10-7-13)11-15-4-2-3-14-5-8-17-16(14)15/h2-4,12-13,17,19H,5-11H2,1H3. The number of rotatable bonds is 3. The third-order valence-electron chi connectivity index (χ3n) is 4.64. The molecule has 1 saturated heterocycles. The molecule has 1 aromatic carbocycles. The summed E-state index contributed by atoms with van der Waals surface area (Å²) in [7, 11) is 0. The highest BCUT2D eigenvalue weighted by Crippen LogP contribution is 2.29. The summed E-state index contributed by atoms with van der Waals surface area (Å²) in [5, 5.41) is 13.2. The minimum absolute atomic E-state index is 0.148. The number of hydrogen-bond donors (Lipinski definition) is 2. The number of hydrogen-bond acceptors (Lipinski definition) is 3. The molecule has 1 atom stereocenters. The summed E-state index contributed by atoms with van der Waals surface area (Å²) in [6, 6.07) is 6.67. The summed E-state index contributed by atoms with van der Waals surface area (Å²) in [4.78, 5) is 2.52. The Labute approximate surface area is 115 Å². The molecule has 1 unspecified atom stereocenters. The number of piperidine rings is 1. The van der Waals surface area contributed by atoms with E-state index >= 15 is 0 Å². The van der Waals surface area contributed by atoms with Gasteiger partial charge in [0.2, 0.25) is 0 Å². The van der Waals surface area contributed by atoms with E-state index in [1.807, 2.05) is 6.92 Å². The lowest BCUT2D eigenvalue weighted by Gasteiger charge is -2.33. The molecule has 2 heterocycles. The summed E-state index contributed by atoms with van der Waals surface area (Å²) in [6.07, 6.45) is 3.26. The van der Waals surface area contributed by atoms with Crippen LogP contribution in [0.3, 0.4) is 0 Å². The Morgan fingerprint density at radius 1 is 1.37 bits per heavy atom. The molecule has 0 radical (unpaired) electrons. The van der Waals surface area contributed by atoms with Gasteiger partial charge >= 0.3 is 0 Å². The largest absolute Gasteiger partial charge is 0.393 e. The van der Waals surface area contributed by atoms with Crippen molar-refractivity contribution in [3.8, 4) is 0 Å². The minimum atomic E-state index is -0.148. The van der Waals surface area contributed by atoms with Crippen LogP contribution in [-0.4, -0.2) is 35.7 Å². The molecule has 2 aliphatic rings. The van der Waals surface area contributed by atoms with E-state index in [2.05, 4.69) is 28.4 Å². The van der Waals surface area contributed by atoms with Crippen molar-refractivity contribution in [1.29, 1.82) is 0 Å². The molecule has 1 fully saturated rings. The van der Waals surface area contributed by atoms with Gasteiger partial charge in [0.05, 0.1) is 6.10 Å². The van der Waals surface area contributed by atoms with Gasteiger partial charge in [-0.2, -0.15) is 0 Å². The predicted molar refractivity (Wildman–Crippen MR) is 78.3 cm³/mol. The van der Waals surface area contributed by atoms with E-state index in [1.165, 1.54) is 16.8 Å². The maximum Gasteiger partial charge on any atom is 0.0541 e. The lowest BCUT2D eigenvalue weighted by Crippen LogP contribution is -2.36. The van der Waals surface area contributed by atoms with Crippen LogP contribution in [0.1, 0.15) is 30.9 Å². The first-order chi connectivity index (χ1) is 9.24. The molecule has 3 rings (SSSR count). The first-order valence-corrected chi connectivity index (χ1v) is 7.49. The second kappa shape index (κ2) is 5.51. The van der Waals surface area contributed by atoms with E-state index in [9.17, 15) is 5.11 Å². The normalized spacial score (nSPS) is 22.0. The first kappa shape index (κ1) is 12.9. The Morgan fingerprint density at radius 3 is 2.89 bits per heavy atom. The van der Waals surface area contributed by atoms with Crippen molar-refractivity contribution < 1.29 is 5.11 Å². The van der Waals surface area contributed by atoms with Crippen LogP contribution in [0.4, 0.5) is 5.69 Å². The minimum Gasteiger partial charge on any atom is -0.393 e. The van der Waals surface area contributed by atoms with Crippen molar-refractivity contribution in [2.45, 2.75) is 38.8 Å². The number of aliphatic hydroxyl groups excluding tert-OH is 1. The molecule has 1 aromatic rings. The van der Waals surface area contributed by atoms with Gasteiger partial charge in [0, 0.05) is 18.8 Å². The zero-order chi connectivity index (χ0) is 13.2. The van der Waals surface area contributed by atoms with Gasteiger partial charge in [0.15, 0.2) is 0 Å². The smallest absolute Gasteiger partial charge is 0.0541 e. The van der Waals surface area contributed by atoms with Gasteiger partial charge in [-0.1, -0.05) is 18.2 Å². The highest BCUT2D eigenvalue weighted by molar-refractivity contribution is 5.61. The Bertz CT molecular complexity index is 436. The molecule has 0 spiro atoms. The SMILES string of the molecule is CC(O)C1CCN(Cc2cccc3c2NCC3)CC1. The maximum absolute atomic E-state index is 9.65. The maximum atomic E-state index is 9.65. The molecule has 0 aromatic heterocycles. The lowest BCUT2D eigenvalue weighted by molar-refractivity contribution is 0.0696. The molecule has 3 nitrogen and oxygen atoms in total. The van der Waals surface area contributed by atoms with Gasteiger partial charge in [-0.05, 0) is 56.3 Å². The third-order valence-corrected chi connectivity index (χ3v) is 4.64. The van der Waals surface area contributed by atoms with Crippen LogP contribution in [0, 0.1) is 5.92 Å². The van der Waals surface area contributed by atoms with E-state index in [0.717, 1.165) is 45.4 Å². The molecule has 0 bridgehead atoms. The molecule has 0 saturated carbocycles. The van der Waals surface area contributed by atoms with E-state index < -0.39 is 0 Å². The Hall–Kier alpha value is -1.06. The molecular formula is C16H24N2O. The summed E-state index contributed by atoms with van der Waals surface area (Å²) in [6.45, 7) is 6.27. The average Bonchev–Trinajstić information content (AvgIpc) is 2.89. The number of likely N-dealkylation sites (tertiary alicyclic amines) is 1. The van der Waals surface area contributed by atoms with Crippen LogP contribution in [0.15, 0.2) is 18.2 Å². The summed E-state index contributed by atoms with van der Waals surface area (Å²) >= 11 is 0. The van der Waals surface area contributed by atoms with Crippen molar-refractivity contribution in [3.05, 3.63) is 29.3 Å². The van der Waals surface area contributed by atoms with Gasteiger partial charge < -0.3 is 10.4 Å². The second-order valence-electron chi connectivity index (χ2n) is 5.98. The predicted octanol–water partition coefficient (Wildman–Crippen LogP) is 2.25. The molecule has 2 N–H and O–H groups in total. The molecule has 0 aliphatic carbocycles. The van der Waals surface area contributed by atoms with Crippen LogP contribution < -0.4 is 5.32 Å². The number of nitrogens with zero attached hydrogens (tertiary/aromatic N) is 1. The molecule has 3 heteroatoms. The Morgan fingerprint density at radius 2 is 2.16 bits per heavy atom. The number of anilines is 1. The molecule has 104 valence electrons. The fraction of sp³-hybridized carbons (Fsp3) is 0.625. The van der Waals surface area contributed by atoms with E-state index in [-0.39, 0.29) is 6.10 Å². The van der Waals surface area contributed by atoms with Gasteiger partial charge in [-0.25, -0.2) is 0 Å². The number of nitrogens with one attached hydrogen (secondary N) is 1. The van der Waals surface area contributed by atoms with Gasteiger partial charge in [0.25, 0.3) is 0 Å². The third kappa shape index (κ3) is 2.77. The average molecular weight is 260 g/mol. The van der Waals surface area contributed by atoms with Crippen LogP contribution in [-0.2, 0) is 13.0 Å². The van der Waals surface area contributed by atoms with E-state index in [0.29, 0.717) is 5.92 Å². The second-order valence-corrected chi connectivity index (χ2v) is 5.98. The summed E-state index contributed by atoms with van der Waals surface area (Å²) < 4.78 is 0. The molecule has 2 aliphatic heterocycles. The van der Waals surface area contributed by atoms with Crippen molar-refractivity contribution >= 4 is 5.69 Å². The van der Waals surface area contributed by atoms with Crippen molar-refractivity contribution in [2.75, 3.05) is 25.0 Å². The van der Waals surface area contributed by atoms with E-state index in [4.69, 9.17) is 0 Å². The molecular weight excluding hydrogens is 236 g/mol.